The van der Waals surface area contributed by atoms with Crippen LogP contribution in [0.4, 0.5) is 11.4 Å². The largest absolute Gasteiger partial charge is 0.493 e. The summed E-state index contributed by atoms with van der Waals surface area (Å²) in [7, 11) is 1.37. The number of rotatable bonds is 7. The maximum atomic E-state index is 12.4. The number of benzene rings is 3. The van der Waals surface area contributed by atoms with Crippen LogP contribution in [-0.2, 0) is 9.59 Å². The number of halogens is 1. The Morgan fingerprint density at radius 2 is 1.56 bits per heavy atom. The molecule has 0 heterocycles. The molecule has 0 saturated carbocycles. The van der Waals surface area contributed by atoms with Gasteiger partial charge in [0.05, 0.1) is 23.3 Å². The van der Waals surface area contributed by atoms with Crippen molar-refractivity contribution in [3.05, 3.63) is 93.0 Å². The van der Waals surface area contributed by atoms with E-state index in [9.17, 15) is 24.5 Å². The van der Waals surface area contributed by atoms with Crippen LogP contribution in [0.15, 0.2) is 71.8 Å². The van der Waals surface area contributed by atoms with E-state index in [0.29, 0.717) is 22.0 Å². The quantitative estimate of drug-likeness (QED) is 0.122. The molecule has 0 radical (unpaired) electrons. The summed E-state index contributed by atoms with van der Waals surface area (Å²) in [5.41, 5.74) is 3.38. The molecule has 0 aliphatic heterocycles. The fourth-order valence-electron chi connectivity index (χ4n) is 2.83. The molecule has 3 aromatic rings. The van der Waals surface area contributed by atoms with Crippen molar-refractivity contribution >= 4 is 46.5 Å². The van der Waals surface area contributed by atoms with Gasteiger partial charge < -0.3 is 14.8 Å². The predicted molar refractivity (Wildman–Crippen MR) is 131 cm³/mol. The SMILES string of the molecule is COc1cc(C(C)=NNC(=O)C(=O)Nc2ccc(Cl)cc2)ccc1OC(=O)c1ccc([N+](=O)[O-])cc1. The molecule has 0 fully saturated rings. The van der Waals surface area contributed by atoms with Gasteiger partial charge in [-0.05, 0) is 61.5 Å². The molecule has 0 aliphatic carbocycles. The summed E-state index contributed by atoms with van der Waals surface area (Å²) in [6.07, 6.45) is 0. The average molecular weight is 511 g/mol. The van der Waals surface area contributed by atoms with E-state index in [1.165, 1.54) is 43.5 Å². The predicted octanol–water partition coefficient (Wildman–Crippen LogP) is 3.95. The zero-order chi connectivity index (χ0) is 26.2. The number of anilines is 1. The summed E-state index contributed by atoms with van der Waals surface area (Å²) in [6, 6.07) is 15.7. The molecule has 12 heteroatoms. The first kappa shape index (κ1) is 25.8. The number of methoxy groups -OCH3 is 1. The third-order valence-electron chi connectivity index (χ3n) is 4.73. The molecule has 36 heavy (non-hydrogen) atoms. The maximum absolute atomic E-state index is 12.4. The van der Waals surface area contributed by atoms with Gasteiger partial charge in [-0.1, -0.05) is 11.6 Å². The van der Waals surface area contributed by atoms with Crippen LogP contribution < -0.4 is 20.2 Å². The van der Waals surface area contributed by atoms with Crippen molar-refractivity contribution < 1.29 is 28.8 Å². The molecule has 0 aliphatic rings. The van der Waals surface area contributed by atoms with E-state index in [2.05, 4.69) is 15.8 Å². The van der Waals surface area contributed by atoms with E-state index in [0.717, 1.165) is 0 Å². The highest BCUT2D eigenvalue weighted by Crippen LogP contribution is 2.29. The van der Waals surface area contributed by atoms with Crippen molar-refractivity contribution in [2.24, 2.45) is 5.10 Å². The lowest BCUT2D eigenvalue weighted by molar-refractivity contribution is -0.384. The molecule has 3 rings (SSSR count). The van der Waals surface area contributed by atoms with Crippen LogP contribution in [0.3, 0.4) is 0 Å². The Morgan fingerprint density at radius 1 is 0.917 bits per heavy atom. The summed E-state index contributed by atoms with van der Waals surface area (Å²) >= 11 is 5.79. The van der Waals surface area contributed by atoms with E-state index in [1.54, 1.807) is 37.3 Å². The van der Waals surface area contributed by atoms with Gasteiger partial charge in [-0.3, -0.25) is 19.7 Å². The lowest BCUT2D eigenvalue weighted by Gasteiger charge is -2.11. The summed E-state index contributed by atoms with van der Waals surface area (Å²) < 4.78 is 10.6. The third kappa shape index (κ3) is 6.64. The van der Waals surface area contributed by atoms with Crippen LogP contribution in [-0.4, -0.2) is 35.5 Å². The second-order valence-electron chi connectivity index (χ2n) is 7.16. The molecule has 0 atom stereocenters. The van der Waals surface area contributed by atoms with Gasteiger partial charge in [0.25, 0.3) is 5.69 Å². The van der Waals surface area contributed by atoms with Crippen LogP contribution in [0.2, 0.25) is 5.02 Å². The van der Waals surface area contributed by atoms with E-state index < -0.39 is 22.7 Å². The molecule has 184 valence electrons. The molecule has 0 unspecified atom stereocenters. The van der Waals surface area contributed by atoms with E-state index in [-0.39, 0.29) is 22.7 Å². The van der Waals surface area contributed by atoms with Gasteiger partial charge in [0, 0.05) is 28.4 Å². The standard InChI is InChI=1S/C24H19ClN4O7/c1-14(27-28-23(31)22(30)26-18-8-6-17(25)7-9-18)16-5-12-20(21(13-16)35-2)36-24(32)15-3-10-19(11-4-15)29(33)34/h3-13H,1-2H3,(H,26,30)(H,28,31). The molecule has 3 aromatic carbocycles. The molecule has 2 N–H and O–H groups in total. The van der Waals surface area contributed by atoms with Crippen LogP contribution in [0.25, 0.3) is 0 Å². The smallest absolute Gasteiger partial charge is 0.343 e. The van der Waals surface area contributed by atoms with E-state index >= 15 is 0 Å². The molecule has 0 aromatic heterocycles. The van der Waals surface area contributed by atoms with Crippen LogP contribution in [0.5, 0.6) is 11.5 Å². The molecule has 11 nitrogen and oxygen atoms in total. The number of carbonyl (C=O) groups excluding carboxylic acids is 3. The molecular weight excluding hydrogens is 492 g/mol. The normalized spacial score (nSPS) is 10.8. The number of nitrogens with zero attached hydrogens (tertiary/aromatic N) is 2. The number of hydrogen-bond donors (Lipinski definition) is 2. The van der Waals surface area contributed by atoms with Crippen molar-refractivity contribution in [3.8, 4) is 11.5 Å². The number of hydrogen-bond acceptors (Lipinski definition) is 8. The van der Waals surface area contributed by atoms with Gasteiger partial charge >= 0.3 is 17.8 Å². The minimum atomic E-state index is -0.982. The van der Waals surface area contributed by atoms with Crippen LogP contribution in [0.1, 0.15) is 22.8 Å². The fourth-order valence-corrected chi connectivity index (χ4v) is 2.95. The molecule has 2 amide bonds. The first-order valence-corrected chi connectivity index (χ1v) is 10.6. The van der Waals surface area contributed by atoms with Crippen LogP contribution >= 0.6 is 11.6 Å². The highest BCUT2D eigenvalue weighted by Gasteiger charge is 2.16. The average Bonchev–Trinajstić information content (AvgIpc) is 2.88. The second kappa shape index (κ2) is 11.6. The van der Waals surface area contributed by atoms with Crippen molar-refractivity contribution in [2.45, 2.75) is 6.92 Å². The summed E-state index contributed by atoms with van der Waals surface area (Å²) in [4.78, 5) is 46.7. The number of non-ortho nitro benzene ring substituents is 1. The highest BCUT2D eigenvalue weighted by molar-refractivity contribution is 6.39. The van der Waals surface area contributed by atoms with Crippen molar-refractivity contribution in [1.82, 2.24) is 5.43 Å². The van der Waals surface area contributed by atoms with Crippen molar-refractivity contribution in [1.29, 1.82) is 0 Å². The summed E-state index contributed by atoms with van der Waals surface area (Å²) in [6.45, 7) is 1.59. The van der Waals surface area contributed by atoms with Gasteiger partial charge in [-0.25, -0.2) is 10.2 Å². The lowest BCUT2D eigenvalue weighted by atomic mass is 10.1. The number of nitro benzene ring substituents is 1. The molecule has 0 saturated heterocycles. The van der Waals surface area contributed by atoms with Gasteiger partial charge in [0.15, 0.2) is 11.5 Å². The van der Waals surface area contributed by atoms with Gasteiger partial charge in [-0.15, -0.1) is 0 Å². The van der Waals surface area contributed by atoms with E-state index in [1.807, 2.05) is 0 Å². The Morgan fingerprint density at radius 3 is 2.17 bits per heavy atom. The monoisotopic (exact) mass is 510 g/mol. The highest BCUT2D eigenvalue weighted by atomic mass is 35.5. The second-order valence-corrected chi connectivity index (χ2v) is 7.59. The number of ether oxygens (including phenoxy) is 2. The first-order chi connectivity index (χ1) is 17.2. The third-order valence-corrected chi connectivity index (χ3v) is 4.98. The zero-order valence-electron chi connectivity index (χ0n) is 19.0. The van der Waals surface area contributed by atoms with Gasteiger partial charge in [0.2, 0.25) is 0 Å². The number of nitrogens with one attached hydrogen (secondary N) is 2. The lowest BCUT2D eigenvalue weighted by Crippen LogP contribution is -2.32. The fraction of sp³-hybridized carbons (Fsp3) is 0.0833. The van der Waals surface area contributed by atoms with E-state index in [4.69, 9.17) is 21.1 Å². The Balaban J connectivity index is 1.65. The number of esters is 1. The van der Waals surface area contributed by atoms with Crippen LogP contribution in [0, 0.1) is 10.1 Å². The van der Waals surface area contributed by atoms with Gasteiger partial charge in [-0.2, -0.15) is 5.10 Å². The minimum absolute atomic E-state index is 0.101. The van der Waals surface area contributed by atoms with Crippen molar-refractivity contribution in [2.75, 3.05) is 12.4 Å². The van der Waals surface area contributed by atoms with Gasteiger partial charge in [0.1, 0.15) is 0 Å². The Kier molecular flexibility index (Phi) is 8.31. The molecule has 0 bridgehead atoms. The maximum Gasteiger partial charge on any atom is 0.343 e. The van der Waals surface area contributed by atoms with Crippen molar-refractivity contribution in [3.63, 3.8) is 0 Å². The Labute approximate surface area is 209 Å². The topological polar surface area (TPSA) is 149 Å². The zero-order valence-corrected chi connectivity index (χ0v) is 19.7. The Bertz CT molecular complexity index is 1340. The molecular formula is C24H19ClN4O7. The Hall–Kier alpha value is -4.77. The summed E-state index contributed by atoms with van der Waals surface area (Å²) in [5.74, 6) is -2.34. The number of hydrazone groups is 1. The summed E-state index contributed by atoms with van der Waals surface area (Å²) in [5, 5.41) is 17.6. The number of nitro groups is 1. The molecule has 0 spiro atoms. The number of amides is 2. The number of carbonyl (C=O) groups is 3. The first-order valence-electron chi connectivity index (χ1n) is 10.2. The minimum Gasteiger partial charge on any atom is -0.493 e.